The molecule has 0 fully saturated rings. The summed E-state index contributed by atoms with van der Waals surface area (Å²) in [4.78, 5) is 12.4. The van der Waals surface area contributed by atoms with Gasteiger partial charge in [0.15, 0.2) is 0 Å². The van der Waals surface area contributed by atoms with Gasteiger partial charge in [0.05, 0.1) is 23.3 Å². The third-order valence-electron chi connectivity index (χ3n) is 4.16. The minimum atomic E-state index is -0.378. The number of nitriles is 1. The third kappa shape index (κ3) is 3.84. The molecule has 1 amide bonds. The molecule has 2 aromatic rings. The molecule has 0 saturated carbocycles. The summed E-state index contributed by atoms with van der Waals surface area (Å²) in [6.07, 6.45) is 0.857. The molecule has 126 valence electrons. The molecule has 24 heavy (non-hydrogen) atoms. The standard InChI is InChI=1S/C19H23N3O2/c1-4-17(23)9-10-21-19(24)18-11-13(2)22(14(18)3)16-7-5-15(12-20)6-8-16/h5-8,11,17,23H,4,9-10H2,1-3H3,(H,21,24). The highest BCUT2D eigenvalue weighted by atomic mass is 16.3. The molecule has 1 atom stereocenters. The molecular formula is C19H23N3O2. The van der Waals surface area contributed by atoms with E-state index in [2.05, 4.69) is 11.4 Å². The van der Waals surface area contributed by atoms with Crippen LogP contribution in [-0.4, -0.2) is 28.2 Å². The van der Waals surface area contributed by atoms with E-state index in [9.17, 15) is 9.90 Å². The highest BCUT2D eigenvalue weighted by Gasteiger charge is 2.16. The lowest BCUT2D eigenvalue weighted by atomic mass is 10.2. The molecule has 1 heterocycles. The van der Waals surface area contributed by atoms with Gasteiger partial charge in [-0.3, -0.25) is 4.79 Å². The number of aliphatic hydroxyl groups excluding tert-OH is 1. The number of hydrogen-bond acceptors (Lipinski definition) is 3. The predicted molar refractivity (Wildman–Crippen MR) is 93.2 cm³/mol. The summed E-state index contributed by atoms with van der Waals surface area (Å²) in [6.45, 7) is 6.22. The van der Waals surface area contributed by atoms with E-state index in [0.717, 1.165) is 17.1 Å². The van der Waals surface area contributed by atoms with Crippen LogP contribution in [0.1, 0.15) is 47.1 Å². The second-order valence-corrected chi connectivity index (χ2v) is 5.89. The van der Waals surface area contributed by atoms with Gasteiger partial charge in [-0.15, -0.1) is 0 Å². The van der Waals surface area contributed by atoms with E-state index in [1.807, 2.05) is 43.5 Å². The number of nitrogens with zero attached hydrogens (tertiary/aromatic N) is 2. The van der Waals surface area contributed by atoms with E-state index in [1.165, 1.54) is 0 Å². The Kier molecular flexibility index (Phi) is 5.78. The molecule has 1 aromatic heterocycles. The van der Waals surface area contributed by atoms with Crippen molar-refractivity contribution in [1.82, 2.24) is 9.88 Å². The van der Waals surface area contributed by atoms with Gasteiger partial charge in [0.25, 0.3) is 5.91 Å². The van der Waals surface area contributed by atoms with Gasteiger partial charge in [0.1, 0.15) is 0 Å². The van der Waals surface area contributed by atoms with E-state index in [0.29, 0.717) is 30.5 Å². The molecule has 0 spiro atoms. The second-order valence-electron chi connectivity index (χ2n) is 5.89. The largest absolute Gasteiger partial charge is 0.393 e. The zero-order chi connectivity index (χ0) is 17.7. The van der Waals surface area contributed by atoms with Crippen LogP contribution < -0.4 is 5.32 Å². The highest BCUT2D eigenvalue weighted by Crippen LogP contribution is 2.21. The van der Waals surface area contributed by atoms with Crippen LogP contribution in [0.25, 0.3) is 5.69 Å². The van der Waals surface area contributed by atoms with Gasteiger partial charge in [-0.1, -0.05) is 6.92 Å². The second kappa shape index (κ2) is 7.80. The molecule has 5 nitrogen and oxygen atoms in total. The van der Waals surface area contributed by atoms with Crippen LogP contribution in [0.3, 0.4) is 0 Å². The molecule has 0 aliphatic heterocycles. The number of nitrogens with one attached hydrogen (secondary N) is 1. The number of aromatic nitrogens is 1. The molecule has 2 N–H and O–H groups in total. The van der Waals surface area contributed by atoms with E-state index < -0.39 is 0 Å². The van der Waals surface area contributed by atoms with Gasteiger partial charge >= 0.3 is 0 Å². The van der Waals surface area contributed by atoms with Crippen LogP contribution in [0, 0.1) is 25.2 Å². The Morgan fingerprint density at radius 2 is 2.00 bits per heavy atom. The Balaban J connectivity index is 2.19. The first-order chi connectivity index (χ1) is 11.5. The first-order valence-electron chi connectivity index (χ1n) is 8.13. The van der Waals surface area contributed by atoms with Crippen LogP contribution in [0.4, 0.5) is 0 Å². The normalized spacial score (nSPS) is 11.8. The van der Waals surface area contributed by atoms with Crippen LogP contribution in [0.5, 0.6) is 0 Å². The zero-order valence-electron chi connectivity index (χ0n) is 14.3. The van der Waals surface area contributed by atoms with Gasteiger partial charge < -0.3 is 15.0 Å². The smallest absolute Gasteiger partial charge is 0.253 e. The minimum Gasteiger partial charge on any atom is -0.393 e. The fourth-order valence-electron chi connectivity index (χ4n) is 2.73. The predicted octanol–water partition coefficient (Wildman–Crippen LogP) is 2.86. The summed E-state index contributed by atoms with van der Waals surface area (Å²) >= 11 is 0. The summed E-state index contributed by atoms with van der Waals surface area (Å²) in [7, 11) is 0. The van der Waals surface area contributed by atoms with E-state index in [1.54, 1.807) is 12.1 Å². The van der Waals surface area contributed by atoms with Crippen LogP contribution in [0.2, 0.25) is 0 Å². The lowest BCUT2D eigenvalue weighted by Gasteiger charge is -2.11. The van der Waals surface area contributed by atoms with Crippen LogP contribution in [-0.2, 0) is 0 Å². The summed E-state index contributed by atoms with van der Waals surface area (Å²) in [6, 6.07) is 11.2. The maximum Gasteiger partial charge on any atom is 0.253 e. The summed E-state index contributed by atoms with van der Waals surface area (Å²) < 4.78 is 2.00. The molecule has 5 heteroatoms. The third-order valence-corrected chi connectivity index (χ3v) is 4.16. The Hall–Kier alpha value is -2.58. The number of rotatable bonds is 6. The van der Waals surface area contributed by atoms with Crippen LogP contribution in [0.15, 0.2) is 30.3 Å². The SMILES string of the molecule is CCC(O)CCNC(=O)c1cc(C)n(-c2ccc(C#N)cc2)c1C. The summed E-state index contributed by atoms with van der Waals surface area (Å²) in [5, 5.41) is 21.3. The van der Waals surface area contributed by atoms with Gasteiger partial charge in [-0.25, -0.2) is 0 Å². The number of aliphatic hydroxyl groups is 1. The highest BCUT2D eigenvalue weighted by molar-refractivity contribution is 5.95. The number of hydrogen-bond donors (Lipinski definition) is 2. The minimum absolute atomic E-state index is 0.133. The lowest BCUT2D eigenvalue weighted by molar-refractivity contribution is 0.0941. The monoisotopic (exact) mass is 325 g/mol. The van der Waals surface area contributed by atoms with E-state index in [4.69, 9.17) is 5.26 Å². The number of benzene rings is 1. The Morgan fingerprint density at radius 1 is 1.33 bits per heavy atom. The molecule has 0 aliphatic rings. The van der Waals surface area contributed by atoms with Crippen molar-refractivity contribution in [3.05, 3.63) is 52.8 Å². The first kappa shape index (κ1) is 17.8. The molecule has 0 aliphatic carbocycles. The van der Waals surface area contributed by atoms with Crippen molar-refractivity contribution in [2.45, 2.75) is 39.7 Å². The van der Waals surface area contributed by atoms with Crippen molar-refractivity contribution in [2.75, 3.05) is 6.54 Å². The van der Waals surface area contributed by atoms with Crippen molar-refractivity contribution in [3.8, 4) is 11.8 Å². The summed E-state index contributed by atoms with van der Waals surface area (Å²) in [5.41, 5.74) is 3.96. The average Bonchev–Trinajstić information content (AvgIpc) is 2.89. The molecule has 1 aromatic carbocycles. The fourth-order valence-corrected chi connectivity index (χ4v) is 2.73. The van der Waals surface area contributed by atoms with E-state index in [-0.39, 0.29) is 12.0 Å². The van der Waals surface area contributed by atoms with Crippen molar-refractivity contribution in [1.29, 1.82) is 5.26 Å². The number of carbonyl (C=O) groups is 1. The number of amides is 1. The topological polar surface area (TPSA) is 78.0 Å². The van der Waals surface area contributed by atoms with Gasteiger partial charge in [0, 0.05) is 23.6 Å². The van der Waals surface area contributed by atoms with Gasteiger partial charge in [-0.05, 0) is 57.0 Å². The molecule has 0 saturated heterocycles. The van der Waals surface area contributed by atoms with E-state index >= 15 is 0 Å². The Labute approximate surface area is 142 Å². The fraction of sp³-hybridized carbons (Fsp3) is 0.368. The Bertz CT molecular complexity index is 754. The Morgan fingerprint density at radius 3 is 2.58 bits per heavy atom. The van der Waals surface area contributed by atoms with Gasteiger partial charge in [-0.2, -0.15) is 5.26 Å². The lowest BCUT2D eigenvalue weighted by Crippen LogP contribution is -2.27. The zero-order valence-corrected chi connectivity index (χ0v) is 14.3. The molecule has 0 radical (unpaired) electrons. The van der Waals surface area contributed by atoms with Crippen molar-refractivity contribution >= 4 is 5.91 Å². The van der Waals surface area contributed by atoms with Crippen molar-refractivity contribution in [2.24, 2.45) is 0 Å². The number of aryl methyl sites for hydroxylation is 1. The average molecular weight is 325 g/mol. The quantitative estimate of drug-likeness (QED) is 0.857. The van der Waals surface area contributed by atoms with Crippen molar-refractivity contribution < 1.29 is 9.90 Å². The summed E-state index contributed by atoms with van der Waals surface area (Å²) in [5.74, 6) is -0.133. The molecule has 0 bridgehead atoms. The van der Waals surface area contributed by atoms with Gasteiger partial charge in [0.2, 0.25) is 0 Å². The maximum atomic E-state index is 12.4. The first-order valence-corrected chi connectivity index (χ1v) is 8.13. The van der Waals surface area contributed by atoms with Crippen molar-refractivity contribution in [3.63, 3.8) is 0 Å². The molecule has 1 unspecified atom stereocenters. The number of carbonyl (C=O) groups excluding carboxylic acids is 1. The molecular weight excluding hydrogens is 302 g/mol. The van der Waals surface area contributed by atoms with Crippen LogP contribution >= 0.6 is 0 Å². The maximum absolute atomic E-state index is 12.4. The molecule has 2 rings (SSSR count).